The summed E-state index contributed by atoms with van der Waals surface area (Å²) in [6, 6.07) is 15.2. The van der Waals surface area contributed by atoms with Gasteiger partial charge in [-0.3, -0.25) is 9.59 Å². The van der Waals surface area contributed by atoms with Crippen LogP contribution in [-0.2, 0) is 16.1 Å². The SMILES string of the molecule is Cc1ccc(OCC(=O)N(Cc2ccccc2)[C@H](C)C(=O)NC2CCCC2)cc1C. The standard InChI is InChI=1S/C25H32N2O3/c1-18-13-14-23(15-19(18)2)30-17-24(28)27(16-21-9-5-4-6-10-21)20(3)25(29)26-22-11-7-8-12-22/h4-6,9-10,13-15,20,22H,7-8,11-12,16-17H2,1-3H3,(H,26,29)/t20-/m1/s1. The number of ether oxygens (including phenoxy) is 1. The second-order valence-electron chi connectivity index (χ2n) is 8.21. The molecule has 0 bridgehead atoms. The van der Waals surface area contributed by atoms with E-state index in [1.807, 2.05) is 62.4 Å². The Morgan fingerprint density at radius 1 is 1.07 bits per heavy atom. The van der Waals surface area contributed by atoms with E-state index >= 15 is 0 Å². The lowest BCUT2D eigenvalue weighted by Crippen LogP contribution is -2.50. The predicted octanol–water partition coefficient (Wildman–Crippen LogP) is 4.16. The number of hydrogen-bond donors (Lipinski definition) is 1. The second-order valence-corrected chi connectivity index (χ2v) is 8.21. The number of carbonyl (C=O) groups is 2. The van der Waals surface area contributed by atoms with Crippen molar-refractivity contribution < 1.29 is 14.3 Å². The van der Waals surface area contributed by atoms with Crippen LogP contribution in [0.4, 0.5) is 0 Å². The molecule has 0 aromatic heterocycles. The molecule has 3 rings (SSSR count). The minimum Gasteiger partial charge on any atom is -0.484 e. The van der Waals surface area contributed by atoms with Crippen LogP contribution in [0.2, 0.25) is 0 Å². The van der Waals surface area contributed by atoms with Gasteiger partial charge in [-0.2, -0.15) is 0 Å². The van der Waals surface area contributed by atoms with Gasteiger partial charge in [-0.1, -0.05) is 49.2 Å². The lowest BCUT2D eigenvalue weighted by atomic mass is 10.1. The molecule has 0 spiro atoms. The van der Waals surface area contributed by atoms with Crippen molar-refractivity contribution in [3.05, 3.63) is 65.2 Å². The molecule has 30 heavy (non-hydrogen) atoms. The van der Waals surface area contributed by atoms with Gasteiger partial charge in [-0.25, -0.2) is 0 Å². The molecule has 0 heterocycles. The highest BCUT2D eigenvalue weighted by atomic mass is 16.5. The minimum absolute atomic E-state index is 0.0997. The van der Waals surface area contributed by atoms with E-state index in [1.54, 1.807) is 11.8 Å². The Kier molecular flexibility index (Phi) is 7.50. The summed E-state index contributed by atoms with van der Waals surface area (Å²) >= 11 is 0. The van der Waals surface area contributed by atoms with Crippen LogP contribution < -0.4 is 10.1 Å². The molecule has 2 aromatic rings. The molecule has 1 N–H and O–H groups in total. The van der Waals surface area contributed by atoms with Gasteiger partial charge in [0.15, 0.2) is 6.61 Å². The van der Waals surface area contributed by atoms with Crippen LogP contribution in [0.25, 0.3) is 0 Å². The summed E-state index contributed by atoms with van der Waals surface area (Å²) in [5.41, 5.74) is 3.28. The third-order valence-corrected chi connectivity index (χ3v) is 5.91. The minimum atomic E-state index is -0.568. The van der Waals surface area contributed by atoms with Crippen LogP contribution in [0.1, 0.15) is 49.3 Å². The zero-order valence-electron chi connectivity index (χ0n) is 18.2. The molecule has 5 nitrogen and oxygen atoms in total. The number of carbonyl (C=O) groups excluding carboxylic acids is 2. The average molecular weight is 409 g/mol. The number of nitrogens with one attached hydrogen (secondary N) is 1. The summed E-state index contributed by atoms with van der Waals surface area (Å²) in [5, 5.41) is 3.11. The van der Waals surface area contributed by atoms with Gasteiger partial charge in [0.2, 0.25) is 5.91 Å². The van der Waals surface area contributed by atoms with Gasteiger partial charge < -0.3 is 15.0 Å². The third-order valence-electron chi connectivity index (χ3n) is 5.91. The van der Waals surface area contributed by atoms with Gasteiger partial charge in [0.25, 0.3) is 5.91 Å². The Balaban J connectivity index is 1.69. The number of amides is 2. The molecule has 2 amide bonds. The Morgan fingerprint density at radius 2 is 1.77 bits per heavy atom. The van der Waals surface area contributed by atoms with Gasteiger partial charge >= 0.3 is 0 Å². The van der Waals surface area contributed by atoms with Gasteiger partial charge in [0.1, 0.15) is 11.8 Å². The molecule has 0 aliphatic heterocycles. The average Bonchev–Trinajstić information content (AvgIpc) is 3.26. The normalized spacial score (nSPS) is 14.9. The van der Waals surface area contributed by atoms with Gasteiger partial charge in [-0.05, 0) is 62.4 Å². The van der Waals surface area contributed by atoms with E-state index in [-0.39, 0.29) is 24.5 Å². The van der Waals surface area contributed by atoms with Crippen LogP contribution in [-0.4, -0.2) is 35.4 Å². The van der Waals surface area contributed by atoms with Gasteiger partial charge in [0.05, 0.1) is 0 Å². The lowest BCUT2D eigenvalue weighted by molar-refractivity contribution is -0.142. The van der Waals surface area contributed by atoms with Crippen molar-refractivity contribution in [2.24, 2.45) is 0 Å². The first-order chi connectivity index (χ1) is 14.4. The smallest absolute Gasteiger partial charge is 0.261 e. The zero-order valence-corrected chi connectivity index (χ0v) is 18.2. The highest BCUT2D eigenvalue weighted by Crippen LogP contribution is 2.19. The third kappa shape index (κ3) is 5.85. The molecule has 5 heteroatoms. The zero-order chi connectivity index (χ0) is 21.5. The molecule has 1 saturated carbocycles. The van der Waals surface area contributed by atoms with E-state index in [2.05, 4.69) is 5.32 Å². The number of nitrogens with zero attached hydrogens (tertiary/aromatic N) is 1. The van der Waals surface area contributed by atoms with Crippen LogP contribution >= 0.6 is 0 Å². The van der Waals surface area contributed by atoms with Crippen LogP contribution in [0, 0.1) is 13.8 Å². The number of rotatable bonds is 8. The molecule has 0 saturated heterocycles. The van der Waals surface area contributed by atoms with Crippen LogP contribution in [0.5, 0.6) is 5.75 Å². The van der Waals surface area contributed by atoms with Crippen molar-refractivity contribution in [1.82, 2.24) is 10.2 Å². The summed E-state index contributed by atoms with van der Waals surface area (Å²) in [4.78, 5) is 27.5. The van der Waals surface area contributed by atoms with Crippen molar-refractivity contribution in [2.45, 2.75) is 65.1 Å². The lowest BCUT2D eigenvalue weighted by Gasteiger charge is -2.29. The molecule has 2 aromatic carbocycles. The Morgan fingerprint density at radius 3 is 2.43 bits per heavy atom. The summed E-state index contributed by atoms with van der Waals surface area (Å²) < 4.78 is 5.76. The topological polar surface area (TPSA) is 58.6 Å². The maximum absolute atomic E-state index is 13.1. The van der Waals surface area contributed by atoms with Crippen molar-refractivity contribution in [2.75, 3.05) is 6.61 Å². The molecule has 1 atom stereocenters. The molecule has 0 unspecified atom stereocenters. The van der Waals surface area contributed by atoms with E-state index in [4.69, 9.17) is 4.74 Å². The maximum atomic E-state index is 13.1. The van der Waals surface area contributed by atoms with Gasteiger partial charge in [0, 0.05) is 12.6 Å². The number of benzene rings is 2. The fourth-order valence-electron chi connectivity index (χ4n) is 3.79. The van der Waals surface area contributed by atoms with E-state index in [9.17, 15) is 9.59 Å². The van der Waals surface area contributed by atoms with Crippen LogP contribution in [0.3, 0.4) is 0 Å². The van der Waals surface area contributed by atoms with Crippen molar-refractivity contribution in [3.63, 3.8) is 0 Å². The molecular weight excluding hydrogens is 376 g/mol. The van der Waals surface area contributed by atoms with E-state index in [0.29, 0.717) is 12.3 Å². The highest BCUT2D eigenvalue weighted by molar-refractivity contribution is 5.88. The second kappa shape index (κ2) is 10.3. The summed E-state index contributed by atoms with van der Waals surface area (Å²) in [6.07, 6.45) is 4.33. The number of hydrogen-bond acceptors (Lipinski definition) is 3. The van der Waals surface area contributed by atoms with Gasteiger partial charge in [-0.15, -0.1) is 0 Å². The van der Waals surface area contributed by atoms with Crippen molar-refractivity contribution in [1.29, 1.82) is 0 Å². The first-order valence-electron chi connectivity index (χ1n) is 10.8. The summed E-state index contributed by atoms with van der Waals surface area (Å²) in [5.74, 6) is 0.359. The number of aryl methyl sites for hydroxylation is 2. The fraction of sp³-hybridized carbons (Fsp3) is 0.440. The quantitative estimate of drug-likeness (QED) is 0.714. The molecular formula is C25H32N2O3. The summed E-state index contributed by atoms with van der Waals surface area (Å²) in [7, 11) is 0. The van der Waals surface area contributed by atoms with Crippen molar-refractivity contribution in [3.8, 4) is 5.75 Å². The first kappa shape index (κ1) is 21.9. The van der Waals surface area contributed by atoms with Crippen molar-refractivity contribution >= 4 is 11.8 Å². The molecule has 1 fully saturated rings. The molecule has 160 valence electrons. The largest absolute Gasteiger partial charge is 0.484 e. The van der Waals surface area contributed by atoms with E-state index in [0.717, 1.165) is 36.8 Å². The highest BCUT2D eigenvalue weighted by Gasteiger charge is 2.28. The summed E-state index contributed by atoms with van der Waals surface area (Å²) in [6.45, 7) is 6.12. The first-order valence-corrected chi connectivity index (χ1v) is 10.8. The predicted molar refractivity (Wildman–Crippen MR) is 118 cm³/mol. The molecule has 1 aliphatic carbocycles. The fourth-order valence-corrected chi connectivity index (χ4v) is 3.79. The molecule has 0 radical (unpaired) electrons. The van der Waals surface area contributed by atoms with E-state index < -0.39 is 6.04 Å². The Bertz CT molecular complexity index is 860. The molecule has 1 aliphatic rings. The monoisotopic (exact) mass is 408 g/mol. The Labute approximate surface area is 179 Å². The van der Waals surface area contributed by atoms with E-state index in [1.165, 1.54) is 5.56 Å². The Hall–Kier alpha value is -2.82. The maximum Gasteiger partial charge on any atom is 0.261 e. The van der Waals surface area contributed by atoms with Crippen LogP contribution in [0.15, 0.2) is 48.5 Å².